The predicted molar refractivity (Wildman–Crippen MR) is 87.9 cm³/mol. The van der Waals surface area contributed by atoms with E-state index >= 15 is 0 Å². The maximum atomic E-state index is 5.47. The molecule has 0 bridgehead atoms. The molecule has 2 aromatic carbocycles. The van der Waals surface area contributed by atoms with Crippen molar-refractivity contribution in [2.24, 2.45) is 0 Å². The first kappa shape index (κ1) is 13.0. The van der Waals surface area contributed by atoms with Crippen LogP contribution in [-0.2, 0) is 0 Å². The van der Waals surface area contributed by atoms with Gasteiger partial charge in [-0.25, -0.2) is 0 Å². The molecule has 0 unspecified atom stereocenters. The van der Waals surface area contributed by atoms with Crippen molar-refractivity contribution >= 4 is 50.9 Å². The van der Waals surface area contributed by atoms with Crippen LogP contribution < -0.4 is 0 Å². The van der Waals surface area contributed by atoms with E-state index < -0.39 is 0 Å². The molecule has 0 amide bonds. The third-order valence-electron chi connectivity index (χ3n) is 2.97. The van der Waals surface area contributed by atoms with Crippen molar-refractivity contribution in [1.29, 1.82) is 0 Å². The fourth-order valence-corrected chi connectivity index (χ4v) is 3.37. The number of thioether (sulfide) groups is 1. The van der Waals surface area contributed by atoms with Gasteiger partial charge in [0.15, 0.2) is 4.77 Å². The number of imidazole rings is 1. The molecule has 1 heterocycles. The molecule has 0 aliphatic rings. The van der Waals surface area contributed by atoms with Crippen molar-refractivity contribution in [3.8, 4) is 5.69 Å². The Balaban J connectivity index is 2.39. The van der Waals surface area contributed by atoms with Crippen molar-refractivity contribution in [1.82, 2.24) is 9.55 Å². The zero-order valence-corrected chi connectivity index (χ0v) is 13.4. The zero-order valence-electron chi connectivity index (χ0n) is 10.2. The van der Waals surface area contributed by atoms with Gasteiger partial charge in [0.1, 0.15) is 0 Å². The maximum absolute atomic E-state index is 5.47. The topological polar surface area (TPSA) is 20.7 Å². The molecule has 0 aliphatic heterocycles. The van der Waals surface area contributed by atoms with Crippen molar-refractivity contribution in [3.63, 3.8) is 0 Å². The lowest BCUT2D eigenvalue weighted by Gasteiger charge is -2.09. The van der Waals surface area contributed by atoms with Gasteiger partial charge in [-0.15, -0.1) is 11.8 Å². The number of para-hydroxylation sites is 1. The smallest absolute Gasteiger partial charge is 0.182 e. The van der Waals surface area contributed by atoms with Gasteiger partial charge in [-0.2, -0.15) is 0 Å². The van der Waals surface area contributed by atoms with Crippen molar-refractivity contribution in [3.05, 3.63) is 51.7 Å². The number of hydrogen-bond acceptors (Lipinski definition) is 2. The summed E-state index contributed by atoms with van der Waals surface area (Å²) in [6.45, 7) is 0. The first-order valence-electron chi connectivity index (χ1n) is 5.74. The minimum atomic E-state index is 0.717. The van der Waals surface area contributed by atoms with Gasteiger partial charge >= 0.3 is 0 Å². The second-order valence-corrected chi connectivity index (χ2v) is 6.25. The zero-order chi connectivity index (χ0) is 13.4. The molecule has 3 rings (SSSR count). The number of benzene rings is 2. The normalized spacial score (nSPS) is 11.1. The Morgan fingerprint density at radius 2 is 2.00 bits per heavy atom. The third-order valence-corrected chi connectivity index (χ3v) is 4.53. The highest BCUT2D eigenvalue weighted by atomic mass is 79.9. The van der Waals surface area contributed by atoms with Gasteiger partial charge in [0.2, 0.25) is 0 Å². The van der Waals surface area contributed by atoms with Gasteiger partial charge < -0.3 is 4.98 Å². The van der Waals surface area contributed by atoms with E-state index in [1.807, 2.05) is 24.3 Å². The molecule has 0 radical (unpaired) electrons. The number of rotatable bonds is 2. The van der Waals surface area contributed by atoms with Crippen LogP contribution in [0.2, 0.25) is 0 Å². The average Bonchev–Trinajstić information content (AvgIpc) is 2.74. The number of halogens is 1. The number of aromatic nitrogens is 2. The van der Waals surface area contributed by atoms with Crippen LogP contribution in [-0.4, -0.2) is 15.8 Å². The lowest BCUT2D eigenvalue weighted by atomic mass is 10.3. The van der Waals surface area contributed by atoms with Gasteiger partial charge in [-0.05, 0) is 48.8 Å². The average molecular weight is 351 g/mol. The highest BCUT2D eigenvalue weighted by Crippen LogP contribution is 2.28. The number of aromatic amines is 1. The van der Waals surface area contributed by atoms with Crippen LogP contribution in [0.3, 0.4) is 0 Å². The number of nitrogens with zero attached hydrogens (tertiary/aromatic N) is 1. The SMILES string of the molecule is CSc1ccccc1-n1c(=S)[nH]c2ccc(Br)cc21. The van der Waals surface area contributed by atoms with Crippen LogP contribution in [0.1, 0.15) is 0 Å². The van der Waals surface area contributed by atoms with E-state index in [1.54, 1.807) is 11.8 Å². The quantitative estimate of drug-likeness (QED) is 0.508. The minimum Gasteiger partial charge on any atom is -0.330 e. The first-order chi connectivity index (χ1) is 9.20. The number of hydrogen-bond donors (Lipinski definition) is 1. The third kappa shape index (κ3) is 2.26. The summed E-state index contributed by atoms with van der Waals surface area (Å²) in [6.07, 6.45) is 2.08. The largest absolute Gasteiger partial charge is 0.330 e. The summed E-state index contributed by atoms with van der Waals surface area (Å²) < 4.78 is 3.85. The van der Waals surface area contributed by atoms with E-state index in [1.165, 1.54) is 4.90 Å². The van der Waals surface area contributed by atoms with E-state index in [0.717, 1.165) is 26.0 Å². The van der Waals surface area contributed by atoms with Gasteiger partial charge in [-0.3, -0.25) is 4.57 Å². The highest BCUT2D eigenvalue weighted by molar-refractivity contribution is 9.10. The molecule has 0 atom stereocenters. The fourth-order valence-electron chi connectivity index (χ4n) is 2.13. The Bertz CT molecular complexity index is 805. The minimum absolute atomic E-state index is 0.717. The summed E-state index contributed by atoms with van der Waals surface area (Å²) >= 11 is 10.7. The van der Waals surface area contributed by atoms with Crippen LogP contribution in [0.25, 0.3) is 16.7 Å². The molecule has 2 nitrogen and oxygen atoms in total. The Labute approximate surface area is 129 Å². The maximum Gasteiger partial charge on any atom is 0.182 e. The summed E-state index contributed by atoms with van der Waals surface area (Å²) in [6, 6.07) is 14.4. The Morgan fingerprint density at radius 1 is 1.21 bits per heavy atom. The van der Waals surface area contributed by atoms with E-state index in [-0.39, 0.29) is 0 Å². The van der Waals surface area contributed by atoms with Gasteiger partial charge in [-0.1, -0.05) is 28.1 Å². The van der Waals surface area contributed by atoms with Crippen LogP contribution in [0, 0.1) is 4.77 Å². The van der Waals surface area contributed by atoms with Gasteiger partial charge in [0.25, 0.3) is 0 Å². The molecule has 3 aromatic rings. The summed E-state index contributed by atoms with van der Waals surface area (Å²) in [5.41, 5.74) is 3.24. The molecule has 1 N–H and O–H groups in total. The predicted octanol–water partition coefficient (Wildman–Crippen LogP) is 5.17. The van der Waals surface area contributed by atoms with E-state index in [2.05, 4.69) is 49.9 Å². The van der Waals surface area contributed by atoms with Crippen LogP contribution in [0.5, 0.6) is 0 Å². The summed E-state index contributed by atoms with van der Waals surface area (Å²) in [5.74, 6) is 0. The molecule has 0 spiro atoms. The summed E-state index contributed by atoms with van der Waals surface area (Å²) in [4.78, 5) is 4.46. The van der Waals surface area contributed by atoms with Crippen molar-refractivity contribution < 1.29 is 0 Å². The molecule has 0 saturated carbocycles. The Hall–Kier alpha value is -1.04. The van der Waals surface area contributed by atoms with E-state index in [9.17, 15) is 0 Å². The fraction of sp³-hybridized carbons (Fsp3) is 0.0714. The Kier molecular flexibility index (Phi) is 3.52. The molecule has 1 aromatic heterocycles. The summed E-state index contributed by atoms with van der Waals surface area (Å²) in [7, 11) is 0. The molecular formula is C14H11BrN2S2. The molecule has 0 saturated heterocycles. The second kappa shape index (κ2) is 5.15. The molecular weight excluding hydrogens is 340 g/mol. The number of H-pyrrole nitrogens is 1. The molecule has 0 aliphatic carbocycles. The standard InChI is InChI=1S/C14H11BrN2S2/c1-19-13-5-3-2-4-11(13)17-12-8-9(15)6-7-10(12)16-14(17)18/h2-8H,1H3,(H,16,18). The number of nitrogens with one attached hydrogen (secondary N) is 1. The molecule has 0 fully saturated rings. The summed E-state index contributed by atoms with van der Waals surface area (Å²) in [5, 5.41) is 0. The van der Waals surface area contributed by atoms with Crippen molar-refractivity contribution in [2.75, 3.05) is 6.26 Å². The lowest BCUT2D eigenvalue weighted by molar-refractivity contribution is 1.03. The molecule has 5 heteroatoms. The van der Waals surface area contributed by atoms with E-state index in [4.69, 9.17) is 12.2 Å². The molecule has 96 valence electrons. The lowest BCUT2D eigenvalue weighted by Crippen LogP contribution is -1.95. The highest BCUT2D eigenvalue weighted by Gasteiger charge is 2.09. The van der Waals surface area contributed by atoms with Gasteiger partial charge in [0.05, 0.1) is 16.7 Å². The second-order valence-electron chi connectivity index (χ2n) is 4.10. The molecule has 19 heavy (non-hydrogen) atoms. The van der Waals surface area contributed by atoms with Crippen LogP contribution in [0.4, 0.5) is 0 Å². The first-order valence-corrected chi connectivity index (χ1v) is 8.17. The van der Waals surface area contributed by atoms with Gasteiger partial charge in [0, 0.05) is 9.37 Å². The van der Waals surface area contributed by atoms with Crippen LogP contribution >= 0.6 is 39.9 Å². The van der Waals surface area contributed by atoms with Crippen LogP contribution in [0.15, 0.2) is 51.8 Å². The Morgan fingerprint density at radius 3 is 2.79 bits per heavy atom. The number of fused-ring (bicyclic) bond motifs is 1. The monoisotopic (exact) mass is 350 g/mol. The van der Waals surface area contributed by atoms with E-state index in [0.29, 0.717) is 0 Å². The van der Waals surface area contributed by atoms with Crippen molar-refractivity contribution in [2.45, 2.75) is 4.90 Å².